The number of piperidine rings is 1. The van der Waals surface area contributed by atoms with Gasteiger partial charge in [0.15, 0.2) is 0 Å². The second-order valence-corrected chi connectivity index (χ2v) is 8.22. The molecule has 0 unspecified atom stereocenters. The zero-order valence-corrected chi connectivity index (χ0v) is 17.0. The van der Waals surface area contributed by atoms with Crippen molar-refractivity contribution in [1.29, 1.82) is 0 Å². The third-order valence-electron chi connectivity index (χ3n) is 6.53. The van der Waals surface area contributed by atoms with Crippen LogP contribution in [0.15, 0.2) is 47.0 Å². The van der Waals surface area contributed by atoms with Crippen LogP contribution in [-0.4, -0.2) is 48.9 Å². The fourth-order valence-electron chi connectivity index (χ4n) is 5.26. The highest BCUT2D eigenvalue weighted by Gasteiger charge is 2.57. The van der Waals surface area contributed by atoms with Gasteiger partial charge in [0.25, 0.3) is 0 Å². The summed E-state index contributed by atoms with van der Waals surface area (Å²) in [4.78, 5) is 31.9. The molecule has 29 heavy (non-hydrogen) atoms. The molecule has 1 amide bonds. The quantitative estimate of drug-likeness (QED) is 0.576. The number of carbonyl (C=O) groups is 2. The van der Waals surface area contributed by atoms with E-state index in [4.69, 9.17) is 14.5 Å². The highest BCUT2D eigenvalue weighted by Crippen LogP contribution is 2.54. The third-order valence-corrected chi connectivity index (χ3v) is 6.53. The Bertz CT molecular complexity index is 835. The van der Waals surface area contributed by atoms with Crippen LogP contribution in [0.2, 0.25) is 0 Å². The Kier molecular flexibility index (Phi) is 5.43. The first-order valence-electron chi connectivity index (χ1n) is 10.4. The van der Waals surface area contributed by atoms with Gasteiger partial charge in [-0.05, 0) is 38.2 Å². The molecule has 1 saturated heterocycles. The second kappa shape index (κ2) is 8.01. The predicted molar refractivity (Wildman–Crippen MR) is 110 cm³/mol. The lowest BCUT2D eigenvalue weighted by atomic mass is 9.57. The van der Waals surface area contributed by atoms with Crippen molar-refractivity contribution in [2.24, 2.45) is 22.2 Å². The fraction of sp³-hybridized carbons (Fsp3) is 0.522. The van der Waals surface area contributed by atoms with Gasteiger partial charge in [0, 0.05) is 24.7 Å². The average Bonchev–Trinajstić information content (AvgIpc) is 3.16. The summed E-state index contributed by atoms with van der Waals surface area (Å²) >= 11 is 0. The first-order valence-corrected chi connectivity index (χ1v) is 10.4. The smallest absolute Gasteiger partial charge is 0.410 e. The summed E-state index contributed by atoms with van der Waals surface area (Å²) in [6.45, 7) is 5.63. The molecule has 1 aliphatic carbocycles. The first kappa shape index (κ1) is 19.7. The summed E-state index contributed by atoms with van der Waals surface area (Å²) in [5.41, 5.74) is 1.81. The normalized spacial score (nSPS) is 30.2. The van der Waals surface area contributed by atoms with Crippen molar-refractivity contribution in [3.63, 3.8) is 0 Å². The van der Waals surface area contributed by atoms with Crippen molar-refractivity contribution in [3.05, 3.63) is 47.5 Å². The van der Waals surface area contributed by atoms with Gasteiger partial charge in [-0.25, -0.2) is 4.79 Å². The van der Waals surface area contributed by atoms with Gasteiger partial charge in [0.05, 0.1) is 18.6 Å². The molecule has 6 heteroatoms. The molecule has 3 aliphatic rings. The van der Waals surface area contributed by atoms with Gasteiger partial charge in [-0.15, -0.1) is 0 Å². The van der Waals surface area contributed by atoms with E-state index >= 15 is 0 Å². The molecule has 1 aromatic rings. The van der Waals surface area contributed by atoms with E-state index in [1.54, 1.807) is 4.90 Å². The summed E-state index contributed by atoms with van der Waals surface area (Å²) in [5, 5.41) is 0. The Morgan fingerprint density at radius 1 is 1.24 bits per heavy atom. The summed E-state index contributed by atoms with van der Waals surface area (Å²) in [7, 11) is 0. The van der Waals surface area contributed by atoms with Crippen LogP contribution in [0.5, 0.6) is 0 Å². The van der Waals surface area contributed by atoms with E-state index in [1.807, 2.05) is 56.5 Å². The Hall–Kier alpha value is -2.63. The minimum absolute atomic E-state index is 0.0166. The van der Waals surface area contributed by atoms with Gasteiger partial charge < -0.3 is 14.4 Å². The maximum Gasteiger partial charge on any atom is 0.410 e. The number of hydrogen-bond acceptors (Lipinski definition) is 5. The molecule has 6 nitrogen and oxygen atoms in total. The average molecular weight is 396 g/mol. The second-order valence-electron chi connectivity index (χ2n) is 8.22. The van der Waals surface area contributed by atoms with Crippen LogP contribution in [0.25, 0.3) is 0 Å². The van der Waals surface area contributed by atoms with Gasteiger partial charge >= 0.3 is 12.1 Å². The van der Waals surface area contributed by atoms with Gasteiger partial charge in [0.1, 0.15) is 6.61 Å². The van der Waals surface area contributed by atoms with Crippen LogP contribution in [0.4, 0.5) is 4.79 Å². The highest BCUT2D eigenvalue weighted by molar-refractivity contribution is 5.77. The van der Waals surface area contributed by atoms with Crippen LogP contribution in [0.3, 0.4) is 0 Å². The topological polar surface area (TPSA) is 68.2 Å². The zero-order chi connectivity index (χ0) is 20.4. The molecule has 1 fully saturated rings. The van der Waals surface area contributed by atoms with Crippen molar-refractivity contribution < 1.29 is 19.1 Å². The van der Waals surface area contributed by atoms with E-state index in [1.165, 1.54) is 0 Å². The molecular formula is C23H28N2O4. The van der Waals surface area contributed by atoms with E-state index in [0.29, 0.717) is 19.7 Å². The summed E-state index contributed by atoms with van der Waals surface area (Å²) in [5.74, 6) is -0.312. The number of nitrogens with zero attached hydrogens (tertiary/aromatic N) is 2. The Labute approximate surface area is 171 Å². The minimum Gasteiger partial charge on any atom is -0.466 e. The van der Waals surface area contributed by atoms with Gasteiger partial charge in [-0.1, -0.05) is 42.0 Å². The van der Waals surface area contributed by atoms with Crippen LogP contribution in [0, 0.1) is 17.3 Å². The lowest BCUT2D eigenvalue weighted by Crippen LogP contribution is -2.58. The lowest BCUT2D eigenvalue weighted by molar-refractivity contribution is -0.152. The minimum atomic E-state index is -0.299. The standard InChI is InChI=1S/C23H28N2O4/c1-3-28-21(26)18-13-16(2)20-23(10-11-24-20)15-25(12-9-19(18)23)22(27)29-14-17-7-5-4-6-8-17/h4-8,11,13,18-20H,3,9-10,12,14-15H2,1-2H3/t18-,19-,20-,23-/m0/s1. The molecule has 2 aliphatic heterocycles. The van der Waals surface area contributed by atoms with Gasteiger partial charge in [-0.2, -0.15) is 0 Å². The van der Waals surface area contributed by atoms with E-state index < -0.39 is 0 Å². The summed E-state index contributed by atoms with van der Waals surface area (Å²) in [6.07, 6.45) is 5.21. The number of aliphatic imine (C=N–C) groups is 1. The predicted octanol–water partition coefficient (Wildman–Crippen LogP) is 3.61. The fourth-order valence-corrected chi connectivity index (χ4v) is 5.26. The first-order chi connectivity index (χ1) is 14.0. The van der Waals surface area contributed by atoms with Crippen molar-refractivity contribution >= 4 is 18.3 Å². The zero-order valence-electron chi connectivity index (χ0n) is 17.0. The number of hydrogen-bond donors (Lipinski definition) is 0. The summed E-state index contributed by atoms with van der Waals surface area (Å²) in [6, 6.07) is 9.70. The van der Waals surface area contributed by atoms with Crippen molar-refractivity contribution in [3.8, 4) is 0 Å². The number of rotatable bonds is 4. The number of carbonyl (C=O) groups excluding carboxylic acids is 2. The van der Waals surface area contributed by atoms with E-state index in [9.17, 15) is 9.59 Å². The molecule has 0 saturated carbocycles. The number of esters is 1. The largest absolute Gasteiger partial charge is 0.466 e. The molecule has 0 bridgehead atoms. The van der Waals surface area contributed by atoms with Crippen LogP contribution >= 0.6 is 0 Å². The lowest BCUT2D eigenvalue weighted by Gasteiger charge is -2.52. The molecule has 0 radical (unpaired) electrons. The molecule has 1 aromatic carbocycles. The Balaban J connectivity index is 1.51. The molecule has 4 atom stereocenters. The van der Waals surface area contributed by atoms with E-state index in [0.717, 1.165) is 24.0 Å². The molecular weight excluding hydrogens is 368 g/mol. The molecule has 2 heterocycles. The monoisotopic (exact) mass is 396 g/mol. The summed E-state index contributed by atoms with van der Waals surface area (Å²) < 4.78 is 10.9. The molecule has 0 N–H and O–H groups in total. The maximum absolute atomic E-state index is 12.8. The van der Waals surface area contributed by atoms with Crippen LogP contribution < -0.4 is 0 Å². The molecule has 4 rings (SSSR count). The number of ether oxygens (including phenoxy) is 2. The number of amides is 1. The third kappa shape index (κ3) is 3.56. The molecule has 1 spiro atoms. The van der Waals surface area contributed by atoms with Crippen LogP contribution in [0.1, 0.15) is 32.3 Å². The Morgan fingerprint density at radius 3 is 2.79 bits per heavy atom. The van der Waals surface area contributed by atoms with E-state index in [2.05, 4.69) is 0 Å². The van der Waals surface area contributed by atoms with Gasteiger partial charge in [0.2, 0.25) is 0 Å². The SMILES string of the molecule is CCOC(=O)[C@H]1C=C(C)[C@@H]2N=CC[C@@]23CN(C(=O)OCc2ccccc2)CC[C@@H]13. The Morgan fingerprint density at radius 2 is 2.03 bits per heavy atom. The number of likely N-dealkylation sites (tertiary alicyclic amines) is 1. The van der Waals surface area contributed by atoms with E-state index in [-0.39, 0.29) is 42.0 Å². The molecule has 0 aromatic heterocycles. The number of benzene rings is 1. The van der Waals surface area contributed by atoms with Gasteiger partial charge in [-0.3, -0.25) is 9.79 Å². The highest BCUT2D eigenvalue weighted by atomic mass is 16.6. The van der Waals surface area contributed by atoms with Crippen molar-refractivity contribution in [2.75, 3.05) is 19.7 Å². The van der Waals surface area contributed by atoms with Crippen molar-refractivity contribution in [2.45, 2.75) is 39.3 Å². The molecule has 154 valence electrons. The van der Waals surface area contributed by atoms with Crippen LogP contribution in [-0.2, 0) is 20.9 Å². The van der Waals surface area contributed by atoms with Crippen molar-refractivity contribution in [1.82, 2.24) is 4.90 Å². The maximum atomic E-state index is 12.8.